The molecule has 0 radical (unpaired) electrons. The molecule has 0 amide bonds. The van der Waals surface area contributed by atoms with Crippen LogP contribution >= 0.6 is 0 Å². The summed E-state index contributed by atoms with van der Waals surface area (Å²) in [6, 6.07) is 0.809. The van der Waals surface area contributed by atoms with Gasteiger partial charge in [-0.3, -0.25) is 4.98 Å². The standard InChI is InChI=1S/C20H30N6/c1-24-8-5-18(6-9-24)26-10-3-16(4-11-26)13-17-14-23-19(15-22-17)20-21-7-12-25(20)2/h7,12,14-16,18H,3-6,8-11,13H2,1-2H3. The molecule has 2 fully saturated rings. The second kappa shape index (κ2) is 7.84. The maximum Gasteiger partial charge on any atom is 0.159 e. The third-order valence-electron chi connectivity index (χ3n) is 6.11. The van der Waals surface area contributed by atoms with E-state index in [1.54, 1.807) is 6.20 Å². The number of nitrogens with zero attached hydrogens (tertiary/aromatic N) is 6. The monoisotopic (exact) mass is 354 g/mol. The zero-order chi connectivity index (χ0) is 17.9. The van der Waals surface area contributed by atoms with Crippen molar-refractivity contribution in [2.45, 2.75) is 38.1 Å². The number of rotatable bonds is 4. The lowest BCUT2D eigenvalue weighted by molar-refractivity contribution is 0.0853. The second-order valence-corrected chi connectivity index (χ2v) is 7.97. The summed E-state index contributed by atoms with van der Waals surface area (Å²) in [7, 11) is 4.22. The van der Waals surface area contributed by atoms with Crippen LogP contribution in [0.1, 0.15) is 31.4 Å². The van der Waals surface area contributed by atoms with Crippen molar-refractivity contribution in [1.29, 1.82) is 0 Å². The molecule has 6 heteroatoms. The number of piperidine rings is 2. The summed E-state index contributed by atoms with van der Waals surface area (Å²) in [4.78, 5) is 18.8. The molecule has 0 aromatic carbocycles. The van der Waals surface area contributed by atoms with Gasteiger partial charge in [0, 0.05) is 31.7 Å². The SMILES string of the molecule is CN1CCC(N2CCC(Cc3cnc(-c4nccn4C)cn3)CC2)CC1. The first-order valence-corrected chi connectivity index (χ1v) is 9.90. The Labute approximate surface area is 156 Å². The van der Waals surface area contributed by atoms with Gasteiger partial charge < -0.3 is 14.4 Å². The molecule has 2 aliphatic rings. The van der Waals surface area contributed by atoms with Crippen LogP contribution in [0.2, 0.25) is 0 Å². The average Bonchev–Trinajstić information content (AvgIpc) is 3.10. The fourth-order valence-electron chi connectivity index (χ4n) is 4.37. The molecular formula is C20H30N6. The highest BCUT2D eigenvalue weighted by molar-refractivity contribution is 5.47. The van der Waals surface area contributed by atoms with Crippen molar-refractivity contribution in [3.05, 3.63) is 30.5 Å². The predicted octanol–water partition coefficient (Wildman–Crippen LogP) is 2.23. The molecule has 0 unspecified atom stereocenters. The van der Waals surface area contributed by atoms with E-state index in [1.165, 1.54) is 51.9 Å². The predicted molar refractivity (Wildman–Crippen MR) is 103 cm³/mol. The lowest BCUT2D eigenvalue weighted by Crippen LogP contribution is -2.47. The van der Waals surface area contributed by atoms with E-state index in [0.29, 0.717) is 0 Å². The molecule has 4 heterocycles. The molecule has 0 atom stereocenters. The molecule has 0 saturated carbocycles. The Morgan fingerprint density at radius 3 is 2.31 bits per heavy atom. The van der Waals surface area contributed by atoms with Gasteiger partial charge in [0.25, 0.3) is 0 Å². The largest absolute Gasteiger partial charge is 0.333 e. The second-order valence-electron chi connectivity index (χ2n) is 7.97. The van der Waals surface area contributed by atoms with Crippen LogP contribution in [0.25, 0.3) is 11.5 Å². The molecular weight excluding hydrogens is 324 g/mol. The van der Waals surface area contributed by atoms with E-state index in [9.17, 15) is 0 Å². The van der Waals surface area contributed by atoms with Crippen LogP contribution in [0.15, 0.2) is 24.8 Å². The van der Waals surface area contributed by atoms with E-state index in [2.05, 4.69) is 31.8 Å². The minimum Gasteiger partial charge on any atom is -0.333 e. The van der Waals surface area contributed by atoms with Gasteiger partial charge >= 0.3 is 0 Å². The Kier molecular flexibility index (Phi) is 5.31. The zero-order valence-corrected chi connectivity index (χ0v) is 16.0. The van der Waals surface area contributed by atoms with E-state index in [1.807, 2.05) is 30.2 Å². The molecule has 4 rings (SSSR count). The Hall–Kier alpha value is -1.79. The quantitative estimate of drug-likeness (QED) is 0.843. The Balaban J connectivity index is 1.28. The van der Waals surface area contributed by atoms with Crippen molar-refractivity contribution in [1.82, 2.24) is 29.3 Å². The molecule has 2 saturated heterocycles. The first kappa shape index (κ1) is 17.6. The van der Waals surface area contributed by atoms with Crippen molar-refractivity contribution < 1.29 is 0 Å². The smallest absolute Gasteiger partial charge is 0.159 e. The molecule has 0 N–H and O–H groups in total. The summed E-state index contributed by atoms with van der Waals surface area (Å²) >= 11 is 0. The normalized spacial score (nSPS) is 21.3. The van der Waals surface area contributed by atoms with Gasteiger partial charge in [0.2, 0.25) is 0 Å². The highest BCUT2D eigenvalue weighted by Crippen LogP contribution is 2.25. The van der Waals surface area contributed by atoms with Crippen LogP contribution < -0.4 is 0 Å². The number of aryl methyl sites for hydroxylation is 1. The van der Waals surface area contributed by atoms with Crippen molar-refractivity contribution in [2.75, 3.05) is 33.2 Å². The van der Waals surface area contributed by atoms with Gasteiger partial charge in [-0.25, -0.2) is 9.97 Å². The van der Waals surface area contributed by atoms with Gasteiger partial charge in [0.15, 0.2) is 5.82 Å². The van der Waals surface area contributed by atoms with Crippen molar-refractivity contribution in [3.63, 3.8) is 0 Å². The van der Waals surface area contributed by atoms with Crippen LogP contribution in [0.4, 0.5) is 0 Å². The van der Waals surface area contributed by atoms with E-state index < -0.39 is 0 Å². The Bertz CT molecular complexity index is 693. The van der Waals surface area contributed by atoms with Crippen LogP contribution in [0.3, 0.4) is 0 Å². The third kappa shape index (κ3) is 3.96. The first-order valence-electron chi connectivity index (χ1n) is 9.90. The number of imidazole rings is 1. The summed E-state index contributed by atoms with van der Waals surface area (Å²) in [6.45, 7) is 5.00. The summed E-state index contributed by atoms with van der Waals surface area (Å²) < 4.78 is 1.97. The molecule has 26 heavy (non-hydrogen) atoms. The number of hydrogen-bond acceptors (Lipinski definition) is 5. The molecule has 140 valence electrons. The van der Waals surface area contributed by atoms with E-state index in [0.717, 1.165) is 35.6 Å². The number of hydrogen-bond donors (Lipinski definition) is 0. The molecule has 2 aromatic rings. The maximum absolute atomic E-state index is 4.65. The minimum absolute atomic E-state index is 0.742. The highest BCUT2D eigenvalue weighted by Gasteiger charge is 2.27. The molecule has 2 aromatic heterocycles. The van der Waals surface area contributed by atoms with Gasteiger partial charge in [-0.1, -0.05) is 0 Å². The minimum atomic E-state index is 0.742. The molecule has 0 spiro atoms. The van der Waals surface area contributed by atoms with Crippen molar-refractivity contribution >= 4 is 0 Å². The highest BCUT2D eigenvalue weighted by atomic mass is 15.2. The topological polar surface area (TPSA) is 50.1 Å². The Morgan fingerprint density at radius 2 is 1.69 bits per heavy atom. The summed E-state index contributed by atoms with van der Waals surface area (Å²) in [5.41, 5.74) is 1.96. The summed E-state index contributed by atoms with van der Waals surface area (Å²) in [5.74, 6) is 1.61. The number of likely N-dealkylation sites (tertiary alicyclic amines) is 2. The fraction of sp³-hybridized carbons (Fsp3) is 0.650. The van der Waals surface area contributed by atoms with E-state index >= 15 is 0 Å². The lowest BCUT2D eigenvalue weighted by Gasteiger charge is -2.41. The summed E-state index contributed by atoms with van der Waals surface area (Å²) in [6.07, 6.45) is 13.8. The Morgan fingerprint density at radius 1 is 0.923 bits per heavy atom. The fourth-order valence-corrected chi connectivity index (χ4v) is 4.37. The van der Waals surface area contributed by atoms with E-state index in [4.69, 9.17) is 0 Å². The average molecular weight is 355 g/mol. The third-order valence-corrected chi connectivity index (χ3v) is 6.11. The van der Waals surface area contributed by atoms with Gasteiger partial charge in [-0.05, 0) is 71.2 Å². The maximum atomic E-state index is 4.65. The van der Waals surface area contributed by atoms with Gasteiger partial charge in [0.05, 0.1) is 11.9 Å². The van der Waals surface area contributed by atoms with Gasteiger partial charge in [-0.2, -0.15) is 0 Å². The van der Waals surface area contributed by atoms with Crippen molar-refractivity contribution in [2.24, 2.45) is 13.0 Å². The zero-order valence-electron chi connectivity index (χ0n) is 16.0. The van der Waals surface area contributed by atoms with Gasteiger partial charge in [-0.15, -0.1) is 0 Å². The van der Waals surface area contributed by atoms with Crippen LogP contribution in [-0.4, -0.2) is 68.6 Å². The molecule has 0 aliphatic carbocycles. The lowest BCUT2D eigenvalue weighted by atomic mass is 9.90. The van der Waals surface area contributed by atoms with Crippen LogP contribution in [-0.2, 0) is 13.5 Å². The van der Waals surface area contributed by atoms with Gasteiger partial charge in [0.1, 0.15) is 5.69 Å². The van der Waals surface area contributed by atoms with Crippen LogP contribution in [0.5, 0.6) is 0 Å². The number of aromatic nitrogens is 4. The van der Waals surface area contributed by atoms with Crippen LogP contribution in [0, 0.1) is 5.92 Å². The molecule has 6 nitrogen and oxygen atoms in total. The first-order chi connectivity index (χ1) is 12.7. The summed E-state index contributed by atoms with van der Waals surface area (Å²) in [5, 5.41) is 0. The molecule has 0 bridgehead atoms. The molecule has 2 aliphatic heterocycles. The van der Waals surface area contributed by atoms with Crippen molar-refractivity contribution in [3.8, 4) is 11.5 Å². The van der Waals surface area contributed by atoms with E-state index in [-0.39, 0.29) is 0 Å².